The fraction of sp³-hybridized carbons (Fsp3) is 0.222. The molecule has 8 nitrogen and oxygen atoms in total. The highest BCUT2D eigenvalue weighted by Crippen LogP contribution is 2.33. The number of halogens is 3. The lowest BCUT2D eigenvalue weighted by Gasteiger charge is -2.12. The molecule has 0 aliphatic carbocycles. The molecule has 30 heavy (non-hydrogen) atoms. The van der Waals surface area contributed by atoms with Crippen LogP contribution in [0.2, 0.25) is 15.1 Å². The van der Waals surface area contributed by atoms with E-state index in [9.17, 15) is 18.0 Å². The minimum Gasteiger partial charge on any atom is -0.480 e. The Balaban J connectivity index is 1.83. The van der Waals surface area contributed by atoms with Crippen LogP contribution in [0.5, 0.6) is 5.75 Å². The Morgan fingerprint density at radius 1 is 0.967 bits per heavy atom. The number of hydrogen-bond donors (Lipinski definition) is 1. The van der Waals surface area contributed by atoms with Crippen molar-refractivity contribution in [3.63, 3.8) is 0 Å². The second-order valence-electron chi connectivity index (χ2n) is 6.01. The second kappa shape index (κ2) is 10.3. The molecule has 0 aliphatic rings. The summed E-state index contributed by atoms with van der Waals surface area (Å²) in [5.41, 5.74) is 0.340. The molecule has 0 fully saturated rings. The smallest absolute Gasteiger partial charge is 0.344 e. The Hall–Kier alpha value is -2.04. The highest BCUT2D eigenvalue weighted by molar-refractivity contribution is 7.89. The van der Waals surface area contributed by atoms with E-state index in [4.69, 9.17) is 44.3 Å². The zero-order chi connectivity index (χ0) is 22.5. The number of nitrogens with zero attached hydrogens (tertiary/aromatic N) is 1. The van der Waals surface area contributed by atoms with E-state index >= 15 is 0 Å². The highest BCUT2D eigenvalue weighted by atomic mass is 35.5. The lowest BCUT2D eigenvalue weighted by Crippen LogP contribution is -2.24. The third-order valence-corrected chi connectivity index (χ3v) is 6.45. The minimum absolute atomic E-state index is 0.0787. The van der Waals surface area contributed by atoms with Gasteiger partial charge in [-0.05, 0) is 30.3 Å². The molecule has 0 atom stereocenters. The van der Waals surface area contributed by atoms with Gasteiger partial charge in [-0.1, -0.05) is 34.8 Å². The summed E-state index contributed by atoms with van der Waals surface area (Å²) in [7, 11) is -0.738. The van der Waals surface area contributed by atoms with Crippen molar-refractivity contribution in [3.05, 3.63) is 51.5 Å². The maximum atomic E-state index is 12.0. The van der Waals surface area contributed by atoms with Crippen LogP contribution in [-0.2, 0) is 24.3 Å². The number of nitrogens with one attached hydrogen (secondary N) is 1. The molecule has 0 saturated heterocycles. The van der Waals surface area contributed by atoms with E-state index in [0.29, 0.717) is 5.69 Å². The van der Waals surface area contributed by atoms with E-state index in [2.05, 4.69) is 5.32 Å². The van der Waals surface area contributed by atoms with Gasteiger partial charge in [0.1, 0.15) is 5.75 Å². The maximum absolute atomic E-state index is 12.0. The van der Waals surface area contributed by atoms with Crippen LogP contribution in [0.25, 0.3) is 0 Å². The summed E-state index contributed by atoms with van der Waals surface area (Å²) in [4.78, 5) is 23.7. The zero-order valence-electron chi connectivity index (χ0n) is 15.8. The quantitative estimate of drug-likeness (QED) is 0.444. The van der Waals surface area contributed by atoms with Crippen molar-refractivity contribution in [2.45, 2.75) is 4.90 Å². The van der Waals surface area contributed by atoms with Crippen molar-refractivity contribution in [1.82, 2.24) is 4.31 Å². The molecule has 2 aromatic carbocycles. The third-order valence-electron chi connectivity index (χ3n) is 3.60. The van der Waals surface area contributed by atoms with Crippen molar-refractivity contribution < 1.29 is 27.5 Å². The number of benzene rings is 2. The van der Waals surface area contributed by atoms with E-state index in [0.717, 1.165) is 4.31 Å². The average Bonchev–Trinajstić information content (AvgIpc) is 2.68. The van der Waals surface area contributed by atoms with Gasteiger partial charge in [0.15, 0.2) is 13.2 Å². The summed E-state index contributed by atoms with van der Waals surface area (Å²) < 4.78 is 35.1. The number of anilines is 1. The molecule has 0 radical (unpaired) electrons. The number of amides is 1. The first-order valence-electron chi connectivity index (χ1n) is 8.26. The third kappa shape index (κ3) is 6.48. The Bertz CT molecular complexity index is 1040. The lowest BCUT2D eigenvalue weighted by atomic mass is 10.3. The van der Waals surface area contributed by atoms with Crippen LogP contribution in [0.3, 0.4) is 0 Å². The standard InChI is InChI=1S/C18H17Cl3N2O6S/c1-23(2)30(26,27)12-5-3-11(4-6-12)22-17(24)9-29-18(25)10-28-16-8-14(20)13(19)7-15(16)21/h3-8H,9-10H2,1-2H3,(H,22,24). The van der Waals surface area contributed by atoms with Gasteiger partial charge in [-0.25, -0.2) is 17.5 Å². The molecule has 0 spiro atoms. The minimum atomic E-state index is -3.57. The SMILES string of the molecule is CN(C)S(=O)(=O)c1ccc(NC(=O)COC(=O)COc2cc(Cl)c(Cl)cc2Cl)cc1. The molecule has 0 aromatic heterocycles. The van der Waals surface area contributed by atoms with Gasteiger partial charge in [-0.3, -0.25) is 4.79 Å². The van der Waals surface area contributed by atoms with Crippen LogP contribution in [0.4, 0.5) is 5.69 Å². The average molecular weight is 496 g/mol. The van der Waals surface area contributed by atoms with Crippen molar-refractivity contribution in [2.75, 3.05) is 32.6 Å². The molecule has 0 aliphatic heterocycles. The molecule has 162 valence electrons. The van der Waals surface area contributed by atoms with Crippen molar-refractivity contribution >= 4 is 62.4 Å². The van der Waals surface area contributed by atoms with Crippen LogP contribution in [0, 0.1) is 0 Å². The topological polar surface area (TPSA) is 102 Å². The predicted molar refractivity (Wildman–Crippen MR) is 114 cm³/mol. The van der Waals surface area contributed by atoms with Gasteiger partial charge in [-0.2, -0.15) is 0 Å². The van der Waals surface area contributed by atoms with Gasteiger partial charge < -0.3 is 14.8 Å². The molecule has 0 saturated carbocycles. The van der Waals surface area contributed by atoms with E-state index in [-0.39, 0.29) is 25.7 Å². The summed E-state index contributed by atoms with van der Waals surface area (Å²) in [6.45, 7) is -1.06. The molecule has 2 rings (SSSR count). The molecule has 0 heterocycles. The molecule has 0 bridgehead atoms. The van der Waals surface area contributed by atoms with Crippen LogP contribution in [-0.4, -0.2) is 51.9 Å². The molecule has 0 unspecified atom stereocenters. The number of rotatable bonds is 8. The molecule has 1 N–H and O–H groups in total. The number of sulfonamides is 1. The van der Waals surface area contributed by atoms with Gasteiger partial charge in [0.25, 0.3) is 5.91 Å². The van der Waals surface area contributed by atoms with Crippen LogP contribution >= 0.6 is 34.8 Å². The van der Waals surface area contributed by atoms with Crippen LogP contribution in [0.15, 0.2) is 41.3 Å². The Morgan fingerprint density at radius 2 is 1.57 bits per heavy atom. The fourth-order valence-electron chi connectivity index (χ4n) is 2.06. The van der Waals surface area contributed by atoms with Crippen LogP contribution in [0.1, 0.15) is 0 Å². The van der Waals surface area contributed by atoms with E-state index in [1.54, 1.807) is 0 Å². The van der Waals surface area contributed by atoms with Gasteiger partial charge in [0, 0.05) is 25.8 Å². The first-order valence-corrected chi connectivity index (χ1v) is 10.8. The van der Waals surface area contributed by atoms with Crippen molar-refractivity contribution in [1.29, 1.82) is 0 Å². The van der Waals surface area contributed by atoms with Gasteiger partial charge in [0.05, 0.1) is 20.0 Å². The normalized spacial score (nSPS) is 11.3. The first kappa shape index (κ1) is 24.2. The monoisotopic (exact) mass is 494 g/mol. The van der Waals surface area contributed by atoms with E-state index < -0.39 is 35.1 Å². The van der Waals surface area contributed by atoms with E-state index in [1.165, 1.54) is 50.5 Å². The van der Waals surface area contributed by atoms with E-state index in [1.807, 2.05) is 0 Å². The molecular weight excluding hydrogens is 479 g/mol. The summed E-state index contributed by atoms with van der Waals surface area (Å²) in [5.74, 6) is -1.28. The zero-order valence-corrected chi connectivity index (χ0v) is 18.9. The second-order valence-corrected chi connectivity index (χ2v) is 9.38. The Kier molecular flexibility index (Phi) is 8.34. The number of carbonyl (C=O) groups is 2. The lowest BCUT2D eigenvalue weighted by molar-refractivity contribution is -0.149. The summed E-state index contributed by atoms with van der Waals surface area (Å²) in [6.07, 6.45) is 0. The van der Waals surface area contributed by atoms with Crippen molar-refractivity contribution in [3.8, 4) is 5.75 Å². The Morgan fingerprint density at radius 3 is 2.17 bits per heavy atom. The van der Waals surface area contributed by atoms with Gasteiger partial charge in [-0.15, -0.1) is 0 Å². The fourth-order valence-corrected chi connectivity index (χ4v) is 3.55. The molecule has 2 aromatic rings. The maximum Gasteiger partial charge on any atom is 0.344 e. The molecule has 12 heteroatoms. The molecule has 1 amide bonds. The number of hydrogen-bond acceptors (Lipinski definition) is 6. The largest absolute Gasteiger partial charge is 0.480 e. The summed E-state index contributed by atoms with van der Waals surface area (Å²) in [6, 6.07) is 8.27. The summed E-state index contributed by atoms with van der Waals surface area (Å²) in [5, 5.41) is 3.08. The van der Waals surface area contributed by atoms with Gasteiger partial charge >= 0.3 is 5.97 Å². The van der Waals surface area contributed by atoms with Crippen LogP contribution < -0.4 is 10.1 Å². The van der Waals surface area contributed by atoms with Gasteiger partial charge in [0.2, 0.25) is 10.0 Å². The number of ether oxygens (including phenoxy) is 2. The highest BCUT2D eigenvalue weighted by Gasteiger charge is 2.17. The molecular formula is C18H17Cl3N2O6S. The predicted octanol–water partition coefficient (Wildman–Crippen LogP) is 3.46. The van der Waals surface area contributed by atoms with Crippen molar-refractivity contribution in [2.24, 2.45) is 0 Å². The first-order chi connectivity index (χ1) is 14.0. The number of carbonyl (C=O) groups excluding carboxylic acids is 2. The Labute approximate surface area is 188 Å². The number of esters is 1. The summed E-state index contributed by atoms with van der Waals surface area (Å²) >= 11 is 17.6.